The minimum absolute atomic E-state index is 0.0349. The van der Waals surface area contributed by atoms with Gasteiger partial charge in [-0.1, -0.05) is 5.16 Å². The van der Waals surface area contributed by atoms with E-state index in [-0.39, 0.29) is 5.91 Å². The zero-order valence-corrected chi connectivity index (χ0v) is 15.5. The molecule has 26 heavy (non-hydrogen) atoms. The van der Waals surface area contributed by atoms with Crippen LogP contribution >= 0.6 is 0 Å². The highest BCUT2D eigenvalue weighted by atomic mass is 16.5. The summed E-state index contributed by atoms with van der Waals surface area (Å²) in [5.74, 6) is 1.85. The Balaban J connectivity index is 1.48. The standard InChI is InChI=1S/C18H25N5O3/c1-12-15(13(2)26-22-12)8-18(24)23(3)6-5-19-17-9-16(20-11-21-17)14-4-7-25-10-14/h9,11,14H,4-8,10H2,1-3H3,(H,19,20,21)/t14-/m0/s1. The highest BCUT2D eigenvalue weighted by molar-refractivity contribution is 5.79. The highest BCUT2D eigenvalue weighted by Crippen LogP contribution is 2.24. The Morgan fingerprint density at radius 2 is 2.23 bits per heavy atom. The van der Waals surface area contributed by atoms with Gasteiger partial charge in [-0.15, -0.1) is 0 Å². The number of aromatic nitrogens is 3. The summed E-state index contributed by atoms with van der Waals surface area (Å²) in [7, 11) is 1.80. The summed E-state index contributed by atoms with van der Waals surface area (Å²) in [5.41, 5.74) is 2.64. The number of likely N-dealkylation sites (N-methyl/N-ethyl adjacent to an activating group) is 1. The summed E-state index contributed by atoms with van der Waals surface area (Å²) in [6, 6.07) is 1.96. The van der Waals surface area contributed by atoms with E-state index in [1.807, 2.05) is 19.9 Å². The second kappa shape index (κ2) is 8.27. The molecule has 0 saturated carbocycles. The summed E-state index contributed by atoms with van der Waals surface area (Å²) in [6.45, 7) is 6.37. The SMILES string of the molecule is Cc1noc(C)c1CC(=O)N(C)CCNc1cc([C@H]2CCOC2)ncn1. The summed E-state index contributed by atoms with van der Waals surface area (Å²) < 4.78 is 10.5. The average molecular weight is 359 g/mol. The third-order valence-electron chi connectivity index (χ3n) is 4.72. The fourth-order valence-corrected chi connectivity index (χ4v) is 2.98. The molecule has 1 saturated heterocycles. The lowest BCUT2D eigenvalue weighted by Crippen LogP contribution is -2.32. The van der Waals surface area contributed by atoms with Crippen molar-refractivity contribution in [3.05, 3.63) is 35.1 Å². The highest BCUT2D eigenvalue weighted by Gasteiger charge is 2.19. The zero-order valence-electron chi connectivity index (χ0n) is 15.5. The molecule has 2 aromatic heterocycles. The van der Waals surface area contributed by atoms with Gasteiger partial charge in [-0.25, -0.2) is 9.97 Å². The number of ether oxygens (including phenoxy) is 1. The van der Waals surface area contributed by atoms with Gasteiger partial charge in [-0.2, -0.15) is 0 Å². The van der Waals surface area contributed by atoms with Crippen LogP contribution in [0.15, 0.2) is 16.9 Å². The summed E-state index contributed by atoms with van der Waals surface area (Å²) in [5, 5.41) is 7.15. The molecular weight excluding hydrogens is 334 g/mol. The van der Waals surface area contributed by atoms with Crippen molar-refractivity contribution in [3.8, 4) is 0 Å². The third-order valence-corrected chi connectivity index (χ3v) is 4.72. The molecule has 1 amide bonds. The van der Waals surface area contributed by atoms with Crippen LogP contribution in [0.3, 0.4) is 0 Å². The molecule has 1 aliphatic rings. The molecule has 1 aliphatic heterocycles. The van der Waals surface area contributed by atoms with Crippen molar-refractivity contribution >= 4 is 11.7 Å². The quantitative estimate of drug-likeness (QED) is 0.804. The number of hydrogen-bond donors (Lipinski definition) is 1. The maximum Gasteiger partial charge on any atom is 0.226 e. The van der Waals surface area contributed by atoms with Gasteiger partial charge in [-0.3, -0.25) is 4.79 Å². The molecule has 3 rings (SSSR count). The Labute approximate surface area is 152 Å². The number of rotatable bonds is 7. The van der Waals surface area contributed by atoms with Gasteiger partial charge in [0, 0.05) is 44.3 Å². The first kappa shape index (κ1) is 18.3. The molecule has 0 aliphatic carbocycles. The lowest BCUT2D eigenvalue weighted by molar-refractivity contribution is -0.129. The topological polar surface area (TPSA) is 93.4 Å². The molecule has 1 N–H and O–H groups in total. The normalized spacial score (nSPS) is 16.7. The maximum absolute atomic E-state index is 12.4. The van der Waals surface area contributed by atoms with Gasteiger partial charge in [-0.05, 0) is 20.3 Å². The number of amides is 1. The second-order valence-electron chi connectivity index (χ2n) is 6.61. The van der Waals surface area contributed by atoms with Gasteiger partial charge in [0.1, 0.15) is 17.9 Å². The van der Waals surface area contributed by atoms with E-state index < -0.39 is 0 Å². The van der Waals surface area contributed by atoms with Crippen LogP contribution in [0.25, 0.3) is 0 Å². The van der Waals surface area contributed by atoms with E-state index >= 15 is 0 Å². The summed E-state index contributed by atoms with van der Waals surface area (Å²) in [4.78, 5) is 22.7. The number of anilines is 1. The second-order valence-corrected chi connectivity index (χ2v) is 6.61. The van der Waals surface area contributed by atoms with Crippen molar-refractivity contribution in [2.45, 2.75) is 32.6 Å². The zero-order chi connectivity index (χ0) is 18.5. The number of nitrogens with zero attached hydrogens (tertiary/aromatic N) is 4. The van der Waals surface area contributed by atoms with Crippen LogP contribution in [0.1, 0.15) is 35.1 Å². The molecule has 140 valence electrons. The van der Waals surface area contributed by atoms with Gasteiger partial charge in [0.25, 0.3) is 0 Å². The van der Waals surface area contributed by atoms with Crippen molar-refractivity contribution < 1.29 is 14.1 Å². The van der Waals surface area contributed by atoms with Crippen LogP contribution in [-0.2, 0) is 16.0 Å². The molecule has 8 heteroatoms. The van der Waals surface area contributed by atoms with E-state index in [0.29, 0.717) is 31.2 Å². The fraction of sp³-hybridized carbons (Fsp3) is 0.556. The number of aryl methyl sites for hydroxylation is 2. The van der Waals surface area contributed by atoms with Crippen molar-refractivity contribution in [2.75, 3.05) is 38.7 Å². The predicted molar refractivity (Wildman–Crippen MR) is 96.0 cm³/mol. The van der Waals surface area contributed by atoms with Crippen LogP contribution in [0.5, 0.6) is 0 Å². The van der Waals surface area contributed by atoms with Gasteiger partial charge in [0.05, 0.1) is 24.4 Å². The van der Waals surface area contributed by atoms with Crippen molar-refractivity contribution in [2.24, 2.45) is 0 Å². The summed E-state index contributed by atoms with van der Waals surface area (Å²) >= 11 is 0. The van der Waals surface area contributed by atoms with Crippen LogP contribution in [0, 0.1) is 13.8 Å². The Morgan fingerprint density at radius 1 is 1.38 bits per heavy atom. The van der Waals surface area contributed by atoms with E-state index in [1.54, 1.807) is 18.3 Å². The molecule has 8 nitrogen and oxygen atoms in total. The lowest BCUT2D eigenvalue weighted by atomic mass is 10.1. The van der Waals surface area contributed by atoms with Crippen LogP contribution in [-0.4, -0.2) is 59.3 Å². The summed E-state index contributed by atoms with van der Waals surface area (Å²) in [6.07, 6.45) is 2.87. The minimum atomic E-state index is 0.0349. The van der Waals surface area contributed by atoms with Gasteiger partial charge < -0.3 is 19.5 Å². The van der Waals surface area contributed by atoms with Crippen molar-refractivity contribution in [1.82, 2.24) is 20.0 Å². The number of hydrogen-bond acceptors (Lipinski definition) is 7. The predicted octanol–water partition coefficient (Wildman–Crippen LogP) is 1.70. The first-order valence-electron chi connectivity index (χ1n) is 8.84. The average Bonchev–Trinajstić information content (AvgIpc) is 3.28. The van der Waals surface area contributed by atoms with Crippen molar-refractivity contribution in [3.63, 3.8) is 0 Å². The Morgan fingerprint density at radius 3 is 2.92 bits per heavy atom. The Kier molecular flexibility index (Phi) is 5.82. The van der Waals surface area contributed by atoms with E-state index in [2.05, 4.69) is 20.4 Å². The first-order valence-corrected chi connectivity index (χ1v) is 8.84. The van der Waals surface area contributed by atoms with Gasteiger partial charge in [0.2, 0.25) is 5.91 Å². The Hall–Kier alpha value is -2.48. The smallest absolute Gasteiger partial charge is 0.226 e. The number of carbonyl (C=O) groups excluding carboxylic acids is 1. The van der Waals surface area contributed by atoms with E-state index in [1.165, 1.54) is 0 Å². The van der Waals surface area contributed by atoms with Crippen LogP contribution in [0.2, 0.25) is 0 Å². The number of carbonyl (C=O) groups is 1. The molecule has 0 spiro atoms. The molecule has 2 aromatic rings. The molecule has 1 atom stereocenters. The minimum Gasteiger partial charge on any atom is -0.381 e. The van der Waals surface area contributed by atoms with Crippen LogP contribution < -0.4 is 5.32 Å². The molecular formula is C18H25N5O3. The molecule has 3 heterocycles. The fourth-order valence-electron chi connectivity index (χ4n) is 2.98. The van der Waals surface area contributed by atoms with Crippen LogP contribution in [0.4, 0.5) is 5.82 Å². The van der Waals surface area contributed by atoms with Crippen molar-refractivity contribution in [1.29, 1.82) is 0 Å². The van der Waals surface area contributed by atoms with Gasteiger partial charge in [0.15, 0.2) is 0 Å². The molecule has 0 aromatic carbocycles. The first-order chi connectivity index (χ1) is 12.5. The maximum atomic E-state index is 12.4. The Bertz CT molecular complexity index is 736. The van der Waals surface area contributed by atoms with Gasteiger partial charge >= 0.3 is 0 Å². The largest absolute Gasteiger partial charge is 0.381 e. The molecule has 0 bridgehead atoms. The van der Waals surface area contributed by atoms with E-state index in [9.17, 15) is 4.79 Å². The van der Waals surface area contributed by atoms with E-state index in [4.69, 9.17) is 9.26 Å². The van der Waals surface area contributed by atoms with E-state index in [0.717, 1.165) is 42.4 Å². The lowest BCUT2D eigenvalue weighted by Gasteiger charge is -2.18. The molecule has 0 unspecified atom stereocenters. The number of nitrogens with one attached hydrogen (secondary N) is 1. The molecule has 1 fully saturated rings. The monoisotopic (exact) mass is 359 g/mol. The third kappa shape index (κ3) is 4.37. The molecule has 0 radical (unpaired) electrons.